The van der Waals surface area contributed by atoms with Crippen LogP contribution >= 0.6 is 0 Å². The second-order valence-corrected chi connectivity index (χ2v) is 6.25. The molecule has 0 unspecified atom stereocenters. The van der Waals surface area contributed by atoms with Crippen LogP contribution in [0.2, 0.25) is 0 Å². The highest BCUT2D eigenvalue weighted by molar-refractivity contribution is 6.01. The van der Waals surface area contributed by atoms with Crippen LogP contribution in [-0.2, 0) is 11.2 Å². The number of rotatable bonds is 2. The molecule has 2 aromatic carbocycles. The highest BCUT2D eigenvalue weighted by Crippen LogP contribution is 2.29. The van der Waals surface area contributed by atoms with Crippen LogP contribution < -0.4 is 15.5 Å². The first kappa shape index (κ1) is 16.1. The molecule has 3 amide bonds. The van der Waals surface area contributed by atoms with Gasteiger partial charge in [-0.3, -0.25) is 4.79 Å². The number of fused-ring (bicyclic) bond motifs is 1. The van der Waals surface area contributed by atoms with E-state index in [9.17, 15) is 9.59 Å². The summed E-state index contributed by atoms with van der Waals surface area (Å²) in [4.78, 5) is 25.6. The Labute approximate surface area is 141 Å². The summed E-state index contributed by atoms with van der Waals surface area (Å²) in [6, 6.07) is 11.3. The summed E-state index contributed by atoms with van der Waals surface area (Å²) in [6.07, 6.45) is 1.20. The number of hydrogen-bond donors (Lipinski definition) is 2. The van der Waals surface area contributed by atoms with Crippen molar-refractivity contribution in [3.05, 3.63) is 53.1 Å². The van der Waals surface area contributed by atoms with Crippen molar-refractivity contribution in [3.8, 4) is 0 Å². The molecule has 3 rings (SSSR count). The number of hydrogen-bond acceptors (Lipinski definition) is 2. The molecule has 124 valence electrons. The van der Waals surface area contributed by atoms with E-state index in [1.165, 1.54) is 0 Å². The van der Waals surface area contributed by atoms with Crippen LogP contribution in [0.3, 0.4) is 0 Å². The molecule has 0 radical (unpaired) electrons. The van der Waals surface area contributed by atoms with Crippen LogP contribution in [0.15, 0.2) is 36.4 Å². The van der Waals surface area contributed by atoms with E-state index in [0.717, 1.165) is 33.8 Å². The maximum absolute atomic E-state index is 12.2. The van der Waals surface area contributed by atoms with Crippen molar-refractivity contribution in [2.24, 2.45) is 0 Å². The smallest absolute Gasteiger partial charge is 0.315 e. The molecule has 1 aliphatic rings. The molecule has 24 heavy (non-hydrogen) atoms. The second kappa shape index (κ2) is 6.35. The Hall–Kier alpha value is -2.82. The Morgan fingerprint density at radius 3 is 2.33 bits per heavy atom. The van der Waals surface area contributed by atoms with Crippen molar-refractivity contribution >= 4 is 29.0 Å². The lowest BCUT2D eigenvalue weighted by Crippen LogP contribution is -2.31. The van der Waals surface area contributed by atoms with E-state index >= 15 is 0 Å². The van der Waals surface area contributed by atoms with Gasteiger partial charge in [0.15, 0.2) is 0 Å². The van der Waals surface area contributed by atoms with Gasteiger partial charge in [-0.2, -0.15) is 0 Å². The normalized spacial score (nSPS) is 13.5. The molecule has 0 saturated carbocycles. The SMILES string of the molecule is Cc1cc(C)cc(NC(=O)Nc2ccc3c(c2)CCC(=O)N3C)c1. The van der Waals surface area contributed by atoms with Gasteiger partial charge in [-0.25, -0.2) is 4.79 Å². The third-order valence-corrected chi connectivity index (χ3v) is 4.16. The molecule has 0 bridgehead atoms. The molecule has 2 aromatic rings. The quantitative estimate of drug-likeness (QED) is 0.881. The maximum Gasteiger partial charge on any atom is 0.323 e. The Morgan fingerprint density at radius 1 is 0.958 bits per heavy atom. The van der Waals surface area contributed by atoms with Crippen molar-refractivity contribution in [2.45, 2.75) is 26.7 Å². The number of carbonyl (C=O) groups excluding carboxylic acids is 2. The monoisotopic (exact) mass is 323 g/mol. The average molecular weight is 323 g/mol. The largest absolute Gasteiger partial charge is 0.323 e. The van der Waals surface area contributed by atoms with Gasteiger partial charge in [0, 0.05) is 30.5 Å². The predicted molar refractivity (Wildman–Crippen MR) is 96.7 cm³/mol. The molecule has 1 aliphatic heterocycles. The van der Waals surface area contributed by atoms with E-state index < -0.39 is 0 Å². The standard InChI is InChI=1S/C19H21N3O2/c1-12-8-13(2)10-16(9-12)21-19(24)20-15-5-6-17-14(11-15)4-7-18(23)22(17)3/h5-6,8-11H,4,7H2,1-3H3,(H2,20,21,24). The van der Waals surface area contributed by atoms with E-state index in [1.807, 2.05) is 44.2 Å². The molecular weight excluding hydrogens is 302 g/mol. The lowest BCUT2D eigenvalue weighted by Gasteiger charge is -2.26. The first-order valence-corrected chi connectivity index (χ1v) is 7.98. The maximum atomic E-state index is 12.2. The van der Waals surface area contributed by atoms with Gasteiger partial charge in [0.1, 0.15) is 0 Å². The topological polar surface area (TPSA) is 61.4 Å². The van der Waals surface area contributed by atoms with Crippen LogP contribution in [0.25, 0.3) is 0 Å². The number of nitrogens with one attached hydrogen (secondary N) is 2. The molecule has 2 N–H and O–H groups in total. The summed E-state index contributed by atoms with van der Waals surface area (Å²) in [7, 11) is 1.78. The van der Waals surface area contributed by atoms with Gasteiger partial charge in [0.2, 0.25) is 5.91 Å². The van der Waals surface area contributed by atoms with E-state index in [4.69, 9.17) is 0 Å². The van der Waals surface area contributed by atoms with Crippen LogP contribution in [0, 0.1) is 13.8 Å². The van der Waals surface area contributed by atoms with Gasteiger partial charge in [0.25, 0.3) is 0 Å². The van der Waals surface area contributed by atoms with Crippen molar-refractivity contribution in [3.63, 3.8) is 0 Å². The molecule has 0 aliphatic carbocycles. The Kier molecular flexibility index (Phi) is 4.25. The number of urea groups is 1. The van der Waals surface area contributed by atoms with Gasteiger partial charge in [0.05, 0.1) is 0 Å². The Balaban J connectivity index is 1.72. The summed E-state index contributed by atoms with van der Waals surface area (Å²) >= 11 is 0. The number of carbonyl (C=O) groups is 2. The molecule has 5 nitrogen and oxygen atoms in total. The van der Waals surface area contributed by atoms with Crippen LogP contribution in [0.4, 0.5) is 21.9 Å². The number of amides is 3. The number of benzene rings is 2. The molecule has 0 atom stereocenters. The van der Waals surface area contributed by atoms with Gasteiger partial charge in [-0.05, 0) is 67.3 Å². The first-order valence-electron chi connectivity index (χ1n) is 7.98. The lowest BCUT2D eigenvalue weighted by atomic mass is 10.0. The highest BCUT2D eigenvalue weighted by Gasteiger charge is 2.20. The van der Waals surface area contributed by atoms with Crippen molar-refractivity contribution in [2.75, 3.05) is 22.6 Å². The molecular formula is C19H21N3O2. The summed E-state index contributed by atoms with van der Waals surface area (Å²) in [5.74, 6) is 0.121. The van der Waals surface area contributed by atoms with Gasteiger partial charge in [-0.1, -0.05) is 6.07 Å². The predicted octanol–water partition coefficient (Wildman–Crippen LogP) is 3.86. The molecule has 0 aromatic heterocycles. The summed E-state index contributed by atoms with van der Waals surface area (Å²) in [5.41, 5.74) is 5.68. The number of nitrogens with zero attached hydrogens (tertiary/aromatic N) is 1. The van der Waals surface area contributed by atoms with E-state index in [2.05, 4.69) is 16.7 Å². The van der Waals surface area contributed by atoms with Crippen LogP contribution in [0.5, 0.6) is 0 Å². The minimum absolute atomic E-state index is 0.121. The minimum Gasteiger partial charge on any atom is -0.315 e. The molecule has 0 saturated heterocycles. The number of aryl methyl sites for hydroxylation is 3. The van der Waals surface area contributed by atoms with Crippen LogP contribution in [0.1, 0.15) is 23.1 Å². The summed E-state index contributed by atoms with van der Waals surface area (Å²) in [5, 5.41) is 5.71. The first-order chi connectivity index (χ1) is 11.4. The number of anilines is 3. The molecule has 1 heterocycles. The summed E-state index contributed by atoms with van der Waals surface area (Å²) in [6.45, 7) is 3.99. The van der Waals surface area contributed by atoms with E-state index in [0.29, 0.717) is 12.8 Å². The minimum atomic E-state index is -0.278. The Morgan fingerprint density at radius 2 is 1.62 bits per heavy atom. The zero-order valence-corrected chi connectivity index (χ0v) is 14.1. The zero-order chi connectivity index (χ0) is 17.3. The van der Waals surface area contributed by atoms with Crippen molar-refractivity contribution in [1.29, 1.82) is 0 Å². The van der Waals surface area contributed by atoms with Crippen molar-refractivity contribution < 1.29 is 9.59 Å². The molecule has 0 spiro atoms. The fourth-order valence-electron chi connectivity index (χ4n) is 3.07. The fourth-order valence-corrected chi connectivity index (χ4v) is 3.07. The highest BCUT2D eigenvalue weighted by atomic mass is 16.2. The van der Waals surface area contributed by atoms with Crippen molar-refractivity contribution in [1.82, 2.24) is 0 Å². The fraction of sp³-hybridized carbons (Fsp3) is 0.263. The zero-order valence-electron chi connectivity index (χ0n) is 14.1. The van der Waals surface area contributed by atoms with Gasteiger partial charge < -0.3 is 15.5 Å². The van der Waals surface area contributed by atoms with Crippen LogP contribution in [-0.4, -0.2) is 19.0 Å². The summed E-state index contributed by atoms with van der Waals surface area (Å²) < 4.78 is 0. The van der Waals surface area contributed by atoms with E-state index in [1.54, 1.807) is 11.9 Å². The Bertz CT molecular complexity index is 794. The van der Waals surface area contributed by atoms with E-state index in [-0.39, 0.29) is 11.9 Å². The molecule has 0 fully saturated rings. The van der Waals surface area contributed by atoms with Gasteiger partial charge in [-0.15, -0.1) is 0 Å². The third kappa shape index (κ3) is 3.40. The lowest BCUT2D eigenvalue weighted by molar-refractivity contribution is -0.118. The average Bonchev–Trinajstić information content (AvgIpc) is 2.50. The third-order valence-electron chi connectivity index (χ3n) is 4.16. The molecule has 5 heteroatoms. The second-order valence-electron chi connectivity index (χ2n) is 6.25. The van der Waals surface area contributed by atoms with Gasteiger partial charge >= 0.3 is 6.03 Å².